The average molecular weight is 164 g/mol. The van der Waals surface area contributed by atoms with Crippen LogP contribution in [0.1, 0.15) is 44.9 Å². The maximum Gasteiger partial charge on any atom is 0.155 e. The zero-order valence-electron chi connectivity index (χ0n) is 7.51. The molecule has 1 nitrogen and oxygen atoms in total. The molecule has 0 saturated heterocycles. The van der Waals surface area contributed by atoms with E-state index >= 15 is 0 Å². The van der Waals surface area contributed by atoms with Crippen molar-refractivity contribution in [2.45, 2.75) is 44.9 Å². The minimum absolute atomic E-state index is 0.325. The molecule has 2 rings (SSSR count). The lowest BCUT2D eigenvalue weighted by Crippen LogP contribution is -2.25. The minimum Gasteiger partial charge on any atom is -0.295 e. The summed E-state index contributed by atoms with van der Waals surface area (Å²) in [5.41, 5.74) is 0.437. The molecule has 1 spiro atoms. The van der Waals surface area contributed by atoms with Crippen molar-refractivity contribution in [3.8, 4) is 0 Å². The molecule has 0 atom stereocenters. The van der Waals surface area contributed by atoms with E-state index in [1.54, 1.807) is 0 Å². The molecule has 1 fully saturated rings. The Bertz CT molecular complexity index is 209. The first-order chi connectivity index (χ1) is 5.81. The Labute approximate surface area is 73.8 Å². The van der Waals surface area contributed by atoms with Gasteiger partial charge in [0.05, 0.1) is 0 Å². The first-order valence-electron chi connectivity index (χ1n) is 5.03. The summed E-state index contributed by atoms with van der Waals surface area (Å²) in [7, 11) is 0. The van der Waals surface area contributed by atoms with Crippen molar-refractivity contribution in [3.63, 3.8) is 0 Å². The Hall–Kier alpha value is -0.590. The van der Waals surface area contributed by atoms with Gasteiger partial charge in [-0.15, -0.1) is 0 Å². The molecule has 0 aromatic heterocycles. The van der Waals surface area contributed by atoms with Crippen LogP contribution in [0.15, 0.2) is 12.2 Å². The molecule has 0 bridgehead atoms. The van der Waals surface area contributed by atoms with Crippen molar-refractivity contribution in [1.82, 2.24) is 0 Å². The van der Waals surface area contributed by atoms with Crippen molar-refractivity contribution in [1.29, 1.82) is 0 Å². The van der Waals surface area contributed by atoms with Crippen LogP contribution in [-0.4, -0.2) is 5.78 Å². The summed E-state index contributed by atoms with van der Waals surface area (Å²) in [6.07, 6.45) is 12.7. The summed E-state index contributed by atoms with van der Waals surface area (Å²) in [6.45, 7) is 0. The Morgan fingerprint density at radius 3 is 2.42 bits per heavy atom. The predicted molar refractivity (Wildman–Crippen MR) is 48.9 cm³/mol. The van der Waals surface area contributed by atoms with Crippen LogP contribution >= 0.6 is 0 Å². The fraction of sp³-hybridized carbons (Fsp3) is 0.727. The predicted octanol–water partition coefficient (Wildman–Crippen LogP) is 2.86. The van der Waals surface area contributed by atoms with Crippen molar-refractivity contribution in [2.75, 3.05) is 0 Å². The Kier molecular flexibility index (Phi) is 2.03. The number of carbonyl (C=O) groups excluding carboxylic acids is 1. The van der Waals surface area contributed by atoms with Crippen LogP contribution in [-0.2, 0) is 4.79 Å². The summed E-state index contributed by atoms with van der Waals surface area (Å²) in [4.78, 5) is 11.0. The standard InChI is InChI=1S/C11H16O/c12-10-4-8-11(9-5-10)6-2-1-3-7-11/h4,8H,1-3,5-7,9H2. The van der Waals surface area contributed by atoms with Gasteiger partial charge < -0.3 is 0 Å². The van der Waals surface area contributed by atoms with Gasteiger partial charge in [-0.05, 0) is 30.8 Å². The summed E-state index contributed by atoms with van der Waals surface area (Å²) in [6, 6.07) is 0. The van der Waals surface area contributed by atoms with E-state index in [0.717, 1.165) is 12.8 Å². The van der Waals surface area contributed by atoms with E-state index in [2.05, 4.69) is 6.08 Å². The molecule has 2 aliphatic rings. The van der Waals surface area contributed by atoms with E-state index in [-0.39, 0.29) is 0 Å². The molecule has 66 valence electrons. The van der Waals surface area contributed by atoms with Crippen LogP contribution in [0.3, 0.4) is 0 Å². The van der Waals surface area contributed by atoms with Gasteiger partial charge in [-0.25, -0.2) is 0 Å². The monoisotopic (exact) mass is 164 g/mol. The number of allylic oxidation sites excluding steroid dienone is 2. The SMILES string of the molecule is O=C1C=CC2(CCCCC2)CC1. The second-order valence-corrected chi connectivity index (χ2v) is 4.22. The first-order valence-corrected chi connectivity index (χ1v) is 5.03. The second-order valence-electron chi connectivity index (χ2n) is 4.22. The highest BCUT2D eigenvalue weighted by Crippen LogP contribution is 2.43. The van der Waals surface area contributed by atoms with Gasteiger partial charge in [0.15, 0.2) is 5.78 Å². The van der Waals surface area contributed by atoms with Gasteiger partial charge in [-0.3, -0.25) is 4.79 Å². The second kappa shape index (κ2) is 3.04. The van der Waals surface area contributed by atoms with Crippen LogP contribution in [0.2, 0.25) is 0 Å². The lowest BCUT2D eigenvalue weighted by molar-refractivity contribution is -0.115. The Morgan fingerprint density at radius 2 is 1.83 bits per heavy atom. The zero-order chi connectivity index (χ0) is 8.44. The van der Waals surface area contributed by atoms with Gasteiger partial charge >= 0.3 is 0 Å². The van der Waals surface area contributed by atoms with Crippen LogP contribution in [0, 0.1) is 5.41 Å². The van der Waals surface area contributed by atoms with Crippen LogP contribution in [0.4, 0.5) is 0 Å². The van der Waals surface area contributed by atoms with Gasteiger partial charge in [0.1, 0.15) is 0 Å². The van der Waals surface area contributed by atoms with Crippen molar-refractivity contribution in [2.24, 2.45) is 5.41 Å². The molecule has 1 saturated carbocycles. The summed E-state index contributed by atoms with van der Waals surface area (Å²) in [5, 5.41) is 0. The third-order valence-corrected chi connectivity index (χ3v) is 3.34. The van der Waals surface area contributed by atoms with Crippen LogP contribution in [0.5, 0.6) is 0 Å². The number of hydrogen-bond acceptors (Lipinski definition) is 1. The molecule has 1 heteroatoms. The Balaban J connectivity index is 2.10. The minimum atomic E-state index is 0.325. The van der Waals surface area contributed by atoms with Gasteiger partial charge in [-0.2, -0.15) is 0 Å². The van der Waals surface area contributed by atoms with E-state index < -0.39 is 0 Å². The molecular formula is C11H16O. The Morgan fingerprint density at radius 1 is 1.08 bits per heavy atom. The number of hydrogen-bond donors (Lipinski definition) is 0. The van der Waals surface area contributed by atoms with Crippen molar-refractivity contribution >= 4 is 5.78 Å². The summed E-state index contributed by atoms with van der Waals surface area (Å²) in [5.74, 6) is 0.325. The molecule has 0 N–H and O–H groups in total. The molecule has 0 heterocycles. The number of rotatable bonds is 0. The third-order valence-electron chi connectivity index (χ3n) is 3.34. The molecular weight excluding hydrogens is 148 g/mol. The highest BCUT2D eigenvalue weighted by atomic mass is 16.1. The molecule has 12 heavy (non-hydrogen) atoms. The first kappa shape index (κ1) is 8.03. The summed E-state index contributed by atoms with van der Waals surface area (Å²) < 4.78 is 0. The smallest absolute Gasteiger partial charge is 0.155 e. The quantitative estimate of drug-likeness (QED) is 0.538. The summed E-state index contributed by atoms with van der Waals surface area (Å²) >= 11 is 0. The maximum absolute atomic E-state index is 11.0. The maximum atomic E-state index is 11.0. The van der Waals surface area contributed by atoms with Gasteiger partial charge in [0, 0.05) is 6.42 Å². The molecule has 0 amide bonds. The average Bonchev–Trinajstić information content (AvgIpc) is 2.13. The largest absolute Gasteiger partial charge is 0.295 e. The van der Waals surface area contributed by atoms with E-state index in [1.165, 1.54) is 32.1 Å². The van der Waals surface area contributed by atoms with Crippen molar-refractivity contribution in [3.05, 3.63) is 12.2 Å². The molecule has 0 aliphatic heterocycles. The number of carbonyl (C=O) groups is 1. The topological polar surface area (TPSA) is 17.1 Å². The molecule has 0 unspecified atom stereocenters. The van der Waals surface area contributed by atoms with E-state index in [1.807, 2.05) is 6.08 Å². The lowest BCUT2D eigenvalue weighted by atomic mass is 9.69. The normalized spacial score (nSPS) is 27.8. The molecule has 0 aromatic carbocycles. The van der Waals surface area contributed by atoms with Crippen molar-refractivity contribution < 1.29 is 4.79 Å². The lowest BCUT2D eigenvalue weighted by Gasteiger charge is -2.36. The zero-order valence-corrected chi connectivity index (χ0v) is 7.51. The number of ketones is 1. The molecule has 0 aromatic rings. The fourth-order valence-corrected chi connectivity index (χ4v) is 2.48. The third kappa shape index (κ3) is 1.45. The van der Waals surface area contributed by atoms with Crippen LogP contribution < -0.4 is 0 Å². The highest BCUT2D eigenvalue weighted by Gasteiger charge is 2.31. The van der Waals surface area contributed by atoms with E-state index in [9.17, 15) is 4.79 Å². The molecule has 2 aliphatic carbocycles. The fourth-order valence-electron chi connectivity index (χ4n) is 2.48. The van der Waals surface area contributed by atoms with E-state index in [0.29, 0.717) is 11.2 Å². The van der Waals surface area contributed by atoms with E-state index in [4.69, 9.17) is 0 Å². The van der Waals surface area contributed by atoms with Gasteiger partial charge in [-0.1, -0.05) is 25.3 Å². The van der Waals surface area contributed by atoms with Gasteiger partial charge in [0.25, 0.3) is 0 Å². The highest BCUT2D eigenvalue weighted by molar-refractivity contribution is 5.90. The van der Waals surface area contributed by atoms with Gasteiger partial charge in [0.2, 0.25) is 0 Å². The molecule has 0 radical (unpaired) electrons. The van der Waals surface area contributed by atoms with Crippen LogP contribution in [0.25, 0.3) is 0 Å².